The van der Waals surface area contributed by atoms with Crippen LogP contribution in [0.25, 0.3) is 0 Å². The van der Waals surface area contributed by atoms with E-state index in [4.69, 9.17) is 10.5 Å². The third-order valence-electron chi connectivity index (χ3n) is 5.28. The predicted molar refractivity (Wildman–Crippen MR) is 94.9 cm³/mol. The largest absolute Gasteiger partial charge is 0.497 e. The first-order valence-corrected chi connectivity index (χ1v) is 9.03. The van der Waals surface area contributed by atoms with E-state index in [-0.39, 0.29) is 23.8 Å². The summed E-state index contributed by atoms with van der Waals surface area (Å²) in [6.07, 6.45) is 3.43. The number of piperidine rings is 1. The highest BCUT2D eigenvalue weighted by Crippen LogP contribution is 2.26. The van der Waals surface area contributed by atoms with Gasteiger partial charge < -0.3 is 20.3 Å². The number of methoxy groups -OCH3 is 1. The lowest BCUT2D eigenvalue weighted by atomic mass is 9.98. The van der Waals surface area contributed by atoms with E-state index >= 15 is 0 Å². The van der Waals surface area contributed by atoms with Crippen LogP contribution in [0.15, 0.2) is 24.3 Å². The van der Waals surface area contributed by atoms with Gasteiger partial charge in [0.05, 0.1) is 13.0 Å². The van der Waals surface area contributed by atoms with Gasteiger partial charge in [-0.05, 0) is 37.0 Å². The van der Waals surface area contributed by atoms with Crippen LogP contribution in [0, 0.1) is 5.92 Å². The Labute approximate surface area is 148 Å². The van der Waals surface area contributed by atoms with Crippen LogP contribution in [0.2, 0.25) is 0 Å². The van der Waals surface area contributed by atoms with Crippen LogP contribution in [-0.2, 0) is 16.1 Å². The summed E-state index contributed by atoms with van der Waals surface area (Å²) in [5.41, 5.74) is 6.87. The maximum absolute atomic E-state index is 12.9. The number of hydrogen-bond acceptors (Lipinski definition) is 4. The van der Waals surface area contributed by atoms with E-state index in [1.807, 2.05) is 29.2 Å². The molecule has 2 unspecified atom stereocenters. The number of rotatable bonds is 5. The van der Waals surface area contributed by atoms with Gasteiger partial charge >= 0.3 is 0 Å². The van der Waals surface area contributed by atoms with Gasteiger partial charge in [-0.15, -0.1) is 0 Å². The molecule has 2 N–H and O–H groups in total. The quantitative estimate of drug-likeness (QED) is 0.875. The van der Waals surface area contributed by atoms with Gasteiger partial charge in [-0.1, -0.05) is 12.1 Å². The first kappa shape index (κ1) is 17.7. The number of ether oxygens (including phenoxy) is 1. The van der Waals surface area contributed by atoms with Crippen LogP contribution in [0.5, 0.6) is 5.75 Å². The highest BCUT2D eigenvalue weighted by atomic mass is 16.5. The van der Waals surface area contributed by atoms with Gasteiger partial charge in [0, 0.05) is 38.6 Å². The average molecular weight is 345 g/mol. The minimum absolute atomic E-state index is 0.0514. The average Bonchev–Trinajstić information content (AvgIpc) is 3.02. The predicted octanol–water partition coefficient (Wildman–Crippen LogP) is 1.38. The van der Waals surface area contributed by atoms with Crippen molar-refractivity contribution in [2.24, 2.45) is 11.7 Å². The molecule has 0 aromatic heterocycles. The molecule has 2 aliphatic rings. The number of likely N-dealkylation sites (tertiary alicyclic amines) is 2. The lowest BCUT2D eigenvalue weighted by molar-refractivity contribution is -0.139. The van der Waals surface area contributed by atoms with E-state index in [0.717, 1.165) is 37.1 Å². The second-order valence-corrected chi connectivity index (χ2v) is 6.94. The summed E-state index contributed by atoms with van der Waals surface area (Å²) in [7, 11) is 1.63. The zero-order valence-electron chi connectivity index (χ0n) is 14.8. The highest BCUT2D eigenvalue weighted by Gasteiger charge is 2.38. The fraction of sp³-hybridized carbons (Fsp3) is 0.579. The van der Waals surface area contributed by atoms with Crippen molar-refractivity contribution >= 4 is 11.8 Å². The fourth-order valence-electron chi connectivity index (χ4n) is 3.81. The Hall–Kier alpha value is -2.08. The molecule has 0 bridgehead atoms. The second kappa shape index (κ2) is 7.87. The minimum atomic E-state index is -0.238. The first-order chi connectivity index (χ1) is 12.1. The van der Waals surface area contributed by atoms with Crippen LogP contribution in [0.3, 0.4) is 0 Å². The van der Waals surface area contributed by atoms with Crippen molar-refractivity contribution in [2.45, 2.75) is 38.3 Å². The maximum Gasteiger partial charge on any atom is 0.228 e. The molecule has 25 heavy (non-hydrogen) atoms. The smallest absolute Gasteiger partial charge is 0.228 e. The monoisotopic (exact) mass is 345 g/mol. The van der Waals surface area contributed by atoms with Crippen LogP contribution >= 0.6 is 0 Å². The molecular weight excluding hydrogens is 318 g/mol. The summed E-state index contributed by atoms with van der Waals surface area (Å²) < 4.78 is 5.16. The van der Waals surface area contributed by atoms with Gasteiger partial charge in [0.15, 0.2) is 0 Å². The molecule has 0 saturated carbocycles. The SMILES string of the molecule is COc1ccc(CN2CC(C(=O)N3CCCCC3CN)CC2=O)cc1. The number of amides is 2. The van der Waals surface area contributed by atoms with Crippen molar-refractivity contribution in [2.75, 3.05) is 26.7 Å². The van der Waals surface area contributed by atoms with Crippen LogP contribution < -0.4 is 10.5 Å². The molecule has 2 heterocycles. The molecule has 0 aliphatic carbocycles. The van der Waals surface area contributed by atoms with E-state index in [1.54, 1.807) is 12.0 Å². The molecule has 136 valence electrons. The molecule has 2 saturated heterocycles. The van der Waals surface area contributed by atoms with Gasteiger partial charge in [-0.2, -0.15) is 0 Å². The molecule has 0 spiro atoms. The number of nitrogens with two attached hydrogens (primary N) is 1. The molecule has 2 fully saturated rings. The first-order valence-electron chi connectivity index (χ1n) is 9.03. The van der Waals surface area contributed by atoms with E-state index in [1.165, 1.54) is 0 Å². The summed E-state index contributed by atoms with van der Waals surface area (Å²) >= 11 is 0. The van der Waals surface area contributed by atoms with Crippen LogP contribution in [0.4, 0.5) is 0 Å². The van der Waals surface area contributed by atoms with Crippen LogP contribution in [-0.4, -0.2) is 54.4 Å². The Morgan fingerprint density at radius 3 is 2.72 bits per heavy atom. The number of benzene rings is 1. The highest BCUT2D eigenvalue weighted by molar-refractivity contribution is 5.89. The zero-order valence-corrected chi connectivity index (χ0v) is 14.8. The summed E-state index contributed by atoms with van der Waals surface area (Å²) in [5, 5.41) is 0. The standard InChI is InChI=1S/C19H27N3O3/c1-25-17-7-5-14(6-8-17)12-21-13-15(10-18(21)23)19(24)22-9-3-2-4-16(22)11-20/h5-8,15-16H,2-4,9-13,20H2,1H3. The Balaban J connectivity index is 1.62. The molecule has 2 atom stereocenters. The number of carbonyl (C=O) groups is 2. The molecule has 2 aliphatic heterocycles. The summed E-state index contributed by atoms with van der Waals surface area (Å²) in [4.78, 5) is 28.9. The van der Waals surface area contributed by atoms with Gasteiger partial charge in [-0.25, -0.2) is 0 Å². The fourth-order valence-corrected chi connectivity index (χ4v) is 3.81. The number of hydrogen-bond donors (Lipinski definition) is 1. The molecule has 0 radical (unpaired) electrons. The van der Waals surface area contributed by atoms with E-state index in [0.29, 0.717) is 26.1 Å². The van der Waals surface area contributed by atoms with Crippen molar-refractivity contribution in [3.8, 4) is 5.75 Å². The van der Waals surface area contributed by atoms with Crippen molar-refractivity contribution in [1.29, 1.82) is 0 Å². The van der Waals surface area contributed by atoms with Gasteiger partial charge in [0.25, 0.3) is 0 Å². The van der Waals surface area contributed by atoms with Gasteiger partial charge in [0.1, 0.15) is 5.75 Å². The molecule has 6 nitrogen and oxygen atoms in total. The van der Waals surface area contributed by atoms with E-state index < -0.39 is 0 Å². The summed E-state index contributed by atoms with van der Waals surface area (Å²) in [6.45, 7) is 2.30. The van der Waals surface area contributed by atoms with E-state index in [9.17, 15) is 9.59 Å². The van der Waals surface area contributed by atoms with Crippen molar-refractivity contribution in [1.82, 2.24) is 9.80 Å². The number of carbonyl (C=O) groups excluding carboxylic acids is 2. The second-order valence-electron chi connectivity index (χ2n) is 6.94. The van der Waals surface area contributed by atoms with E-state index in [2.05, 4.69) is 0 Å². The number of nitrogens with zero attached hydrogens (tertiary/aromatic N) is 2. The molecule has 1 aromatic rings. The zero-order chi connectivity index (χ0) is 17.8. The third-order valence-corrected chi connectivity index (χ3v) is 5.28. The molecule has 3 rings (SSSR count). The third kappa shape index (κ3) is 3.95. The topological polar surface area (TPSA) is 75.9 Å². The minimum Gasteiger partial charge on any atom is -0.497 e. The lowest BCUT2D eigenvalue weighted by Gasteiger charge is -2.36. The Bertz CT molecular complexity index is 617. The molecule has 2 amide bonds. The molecular formula is C19H27N3O3. The Kier molecular flexibility index (Phi) is 5.58. The lowest BCUT2D eigenvalue weighted by Crippen LogP contribution is -2.50. The maximum atomic E-state index is 12.9. The molecule has 1 aromatic carbocycles. The van der Waals surface area contributed by atoms with Crippen molar-refractivity contribution in [3.05, 3.63) is 29.8 Å². The summed E-state index contributed by atoms with van der Waals surface area (Å²) in [6, 6.07) is 7.81. The van der Waals surface area contributed by atoms with Gasteiger partial charge in [-0.3, -0.25) is 9.59 Å². The van der Waals surface area contributed by atoms with Crippen molar-refractivity contribution in [3.63, 3.8) is 0 Å². The Morgan fingerprint density at radius 1 is 1.28 bits per heavy atom. The Morgan fingerprint density at radius 2 is 2.04 bits per heavy atom. The van der Waals surface area contributed by atoms with Crippen molar-refractivity contribution < 1.29 is 14.3 Å². The normalized spacial score (nSPS) is 23.8. The van der Waals surface area contributed by atoms with Crippen LogP contribution in [0.1, 0.15) is 31.2 Å². The summed E-state index contributed by atoms with van der Waals surface area (Å²) in [5.74, 6) is 0.705. The van der Waals surface area contributed by atoms with Gasteiger partial charge in [0.2, 0.25) is 11.8 Å². The molecule has 6 heteroatoms.